The molecule has 0 aliphatic rings. The van der Waals surface area contributed by atoms with Crippen LogP contribution < -0.4 is 14.2 Å². The average Bonchev–Trinajstić information content (AvgIpc) is 0.788. The van der Waals surface area contributed by atoms with E-state index in [2.05, 4.69) is 216 Å². The molecule has 0 aromatic heterocycles. The number of hydrogen-bond acceptors (Lipinski definition) is 14. The number of benzene rings is 9. The summed E-state index contributed by atoms with van der Waals surface area (Å²) in [4.78, 5) is 46.8. The fourth-order valence-corrected chi connectivity index (χ4v) is 16.9. The number of phenolic OH excluding ortho intramolecular Hbond substituents is 6. The van der Waals surface area contributed by atoms with Crippen LogP contribution in [0.1, 0.15) is 367 Å². The monoisotopic (exact) mass is 1780 g/mol. The van der Waals surface area contributed by atoms with E-state index in [0.717, 1.165) is 155 Å². The molecule has 0 atom stereocenters. The largest absolute Gasteiger partial charge is 0.508 e. The molecule has 127 heavy (non-hydrogen) atoms. The van der Waals surface area contributed by atoms with E-state index in [1.54, 1.807) is 6.92 Å². The SMILES string of the molecule is CC(=O)Oc1c(Cc2cc(C)cc(C(C)(C)C)c2O)cc(C)cc1C(C)(C)C.CCCC(c1cc(C(C)(C)C)c(O)cc1C)c1cc(C(C)(C)C)c(O)cc1C.CCCCCC(=O)Oc1c(Cc2cc(C)cc(C(C)(C)C)c2O)cc(C)cc1C(C)(C)C.CCOC(=O)c1cc(Cl)c(OC(C)=O)c(Cl)c1.Cc1cc(C)c(O)c(C(c2cc(C)cc(C)c2O)C(C)C)c1. The highest BCUT2D eigenvalue weighted by molar-refractivity contribution is 6.38. The highest BCUT2D eigenvalue weighted by atomic mass is 35.5. The number of halogens is 2. The van der Waals surface area contributed by atoms with E-state index < -0.39 is 11.9 Å². The van der Waals surface area contributed by atoms with Crippen molar-refractivity contribution in [1.82, 2.24) is 0 Å². The molecule has 9 rings (SSSR count). The molecule has 0 unspecified atom stereocenters. The summed E-state index contributed by atoms with van der Waals surface area (Å²) in [6.45, 7) is 71.7. The Kier molecular flexibility index (Phi) is 37.8. The predicted octanol–water partition coefficient (Wildman–Crippen LogP) is 29.3. The smallest absolute Gasteiger partial charge is 0.338 e. The number of rotatable bonds is 20. The van der Waals surface area contributed by atoms with Crippen molar-refractivity contribution in [3.63, 3.8) is 0 Å². The Morgan fingerprint density at radius 3 is 1.01 bits per heavy atom. The number of aryl methyl sites for hydroxylation is 10. The number of carbonyl (C=O) groups excluding carboxylic acids is 4. The molecule has 0 radical (unpaired) electrons. The van der Waals surface area contributed by atoms with Crippen LogP contribution in [0.15, 0.2) is 109 Å². The van der Waals surface area contributed by atoms with Crippen molar-refractivity contribution in [2.45, 2.75) is 338 Å². The molecule has 6 N–H and O–H groups in total. The summed E-state index contributed by atoms with van der Waals surface area (Å²) in [6, 6.07) is 35.4. The molecule has 9 aromatic rings. The molecule has 14 nitrogen and oxygen atoms in total. The van der Waals surface area contributed by atoms with Crippen LogP contribution in [-0.2, 0) is 64.5 Å². The zero-order chi connectivity index (χ0) is 96.7. The summed E-state index contributed by atoms with van der Waals surface area (Å²) in [5.41, 5.74) is 23.8. The number of phenols is 6. The van der Waals surface area contributed by atoms with E-state index in [-0.39, 0.29) is 90.1 Å². The van der Waals surface area contributed by atoms with Crippen LogP contribution in [-0.4, -0.2) is 61.1 Å². The van der Waals surface area contributed by atoms with Crippen molar-refractivity contribution in [3.8, 4) is 51.7 Å². The first-order valence-corrected chi connectivity index (χ1v) is 45.6. The van der Waals surface area contributed by atoms with Gasteiger partial charge in [-0.25, -0.2) is 4.79 Å². The average molecular weight is 1780 g/mol. The molecule has 0 saturated heterocycles. The number of aromatic hydroxyl groups is 6. The number of hydrogen-bond donors (Lipinski definition) is 6. The van der Waals surface area contributed by atoms with Gasteiger partial charge in [-0.15, -0.1) is 0 Å². The summed E-state index contributed by atoms with van der Waals surface area (Å²) in [6.07, 6.45) is 6.48. The maximum Gasteiger partial charge on any atom is 0.338 e. The molecule has 692 valence electrons. The second kappa shape index (κ2) is 44.5. The maximum absolute atomic E-state index is 12.7. The predicted molar refractivity (Wildman–Crippen MR) is 525 cm³/mol. The standard InChI is InChI=1S/C29H42O3.C26H38O2.C25H34O3.C20H26O2.C11H10Cl2O4/c1-10-11-12-13-25(30)32-27-22(15-20(3)17-24(27)29(7,8)9)18-21-14-19(2)16-23(26(21)31)28(4,5)6;1-10-11-18(19-14-21(25(4,5)6)23(27)12-16(19)2)20-15-22(26(7,8)9)24(28)13-17(20)3;1-15-10-18(22(27)20(12-15)24(4,5)6)14-19-11-16(2)13-21(25(7,8)9)23(19)28-17(3)26;1-11(2)18(16-9-12(3)7-14(5)19(16)21)17-10-13(4)8-15(6)20(17)22;1-3-16-11(15)7-4-8(12)10(9(13)5-7)17-6(2)14/h14-17,31H,10-13,18H2,1-9H3;12-15,18,27-28H,10-11H2,1-9H3;10-13,27H,14H2,1-9H3;7-11,18,21-22H,1-6H3;4-5H,3H2,1-2H3. The van der Waals surface area contributed by atoms with Gasteiger partial charge in [0.25, 0.3) is 0 Å². The highest BCUT2D eigenvalue weighted by Crippen LogP contribution is 2.48. The van der Waals surface area contributed by atoms with Crippen LogP contribution in [0.2, 0.25) is 10.0 Å². The Morgan fingerprint density at radius 1 is 0.354 bits per heavy atom. The van der Waals surface area contributed by atoms with Crippen molar-refractivity contribution >= 4 is 47.1 Å². The number of unbranched alkanes of at least 4 members (excludes halogenated alkanes) is 2. The van der Waals surface area contributed by atoms with Crippen LogP contribution in [0.25, 0.3) is 0 Å². The van der Waals surface area contributed by atoms with Crippen LogP contribution in [0.4, 0.5) is 0 Å². The van der Waals surface area contributed by atoms with Crippen LogP contribution in [0.3, 0.4) is 0 Å². The van der Waals surface area contributed by atoms with E-state index in [1.807, 2.05) is 102 Å². The van der Waals surface area contributed by atoms with Crippen molar-refractivity contribution in [3.05, 3.63) is 258 Å². The summed E-state index contributed by atoms with van der Waals surface area (Å²) < 4.78 is 21.3. The number of ether oxygens (including phenoxy) is 4. The third-order valence-corrected chi connectivity index (χ3v) is 23.0. The highest BCUT2D eigenvalue weighted by Gasteiger charge is 2.33. The zero-order valence-corrected chi connectivity index (χ0v) is 84.7. The van der Waals surface area contributed by atoms with Crippen molar-refractivity contribution < 1.29 is 68.8 Å². The first-order chi connectivity index (χ1) is 58.4. The zero-order valence-electron chi connectivity index (χ0n) is 83.2. The minimum Gasteiger partial charge on any atom is -0.508 e. The van der Waals surface area contributed by atoms with Gasteiger partial charge in [0, 0.05) is 67.2 Å². The Balaban J connectivity index is 0.000000285. The molecule has 0 amide bonds. The molecular weight excluding hydrogens is 1630 g/mol. The minimum atomic E-state index is -0.544. The van der Waals surface area contributed by atoms with Gasteiger partial charge in [0.1, 0.15) is 46.0 Å². The van der Waals surface area contributed by atoms with Gasteiger partial charge in [-0.1, -0.05) is 313 Å². The third-order valence-electron chi connectivity index (χ3n) is 22.5. The fourth-order valence-electron chi connectivity index (χ4n) is 16.3. The first-order valence-electron chi connectivity index (χ1n) is 44.8. The number of carbonyl (C=O) groups is 4. The first kappa shape index (κ1) is 108. The second-order valence-corrected chi connectivity index (χ2v) is 42.1. The molecule has 0 aliphatic carbocycles. The summed E-state index contributed by atoms with van der Waals surface area (Å²) in [5.74, 6) is 2.27. The van der Waals surface area contributed by atoms with Gasteiger partial charge in [0.15, 0.2) is 5.75 Å². The summed E-state index contributed by atoms with van der Waals surface area (Å²) >= 11 is 11.7. The van der Waals surface area contributed by atoms with Gasteiger partial charge in [-0.05, 0) is 230 Å². The lowest BCUT2D eigenvalue weighted by Crippen LogP contribution is -2.18. The molecular formula is C111H150Cl2O14. The lowest BCUT2D eigenvalue weighted by Gasteiger charge is -2.29. The normalized spacial score (nSPS) is 11.8. The maximum atomic E-state index is 12.7. The Bertz CT molecular complexity index is 5230. The van der Waals surface area contributed by atoms with Gasteiger partial charge in [0.05, 0.1) is 22.2 Å². The lowest BCUT2D eigenvalue weighted by molar-refractivity contribution is -0.135. The topological polar surface area (TPSA) is 227 Å². The molecule has 0 spiro atoms. The van der Waals surface area contributed by atoms with Crippen molar-refractivity contribution in [2.75, 3.05) is 6.61 Å². The Morgan fingerprint density at radius 2 is 0.685 bits per heavy atom. The Hall–Kier alpha value is -9.76. The van der Waals surface area contributed by atoms with E-state index >= 15 is 0 Å². The van der Waals surface area contributed by atoms with Crippen molar-refractivity contribution in [2.24, 2.45) is 5.92 Å². The van der Waals surface area contributed by atoms with Crippen LogP contribution in [0.5, 0.6) is 51.7 Å². The van der Waals surface area contributed by atoms with E-state index in [0.29, 0.717) is 65.3 Å². The summed E-state index contributed by atoms with van der Waals surface area (Å²) in [5, 5.41) is 64.4. The van der Waals surface area contributed by atoms with Crippen molar-refractivity contribution in [1.29, 1.82) is 0 Å². The van der Waals surface area contributed by atoms with E-state index in [1.165, 1.54) is 37.1 Å². The molecule has 0 heterocycles. The molecule has 0 saturated carbocycles. The molecule has 0 fully saturated rings. The second-order valence-electron chi connectivity index (χ2n) is 41.3. The minimum absolute atomic E-state index is 0.0304. The molecule has 0 bridgehead atoms. The number of esters is 4. The fraction of sp³-hybridized carbons (Fsp3) is 0.477. The van der Waals surface area contributed by atoms with Gasteiger partial charge in [-0.3, -0.25) is 14.4 Å². The Labute approximate surface area is 771 Å². The van der Waals surface area contributed by atoms with E-state index in [9.17, 15) is 49.8 Å². The van der Waals surface area contributed by atoms with Gasteiger partial charge in [-0.2, -0.15) is 0 Å². The van der Waals surface area contributed by atoms with Gasteiger partial charge in [0.2, 0.25) is 0 Å². The quantitative estimate of drug-likeness (QED) is 0.0237. The van der Waals surface area contributed by atoms with Crippen LogP contribution >= 0.6 is 23.2 Å². The van der Waals surface area contributed by atoms with E-state index in [4.69, 9.17) is 42.1 Å². The van der Waals surface area contributed by atoms with Crippen LogP contribution in [0, 0.1) is 75.2 Å². The molecule has 9 aromatic carbocycles. The molecule has 16 heteroatoms. The lowest BCUT2D eigenvalue weighted by atomic mass is 9.76. The van der Waals surface area contributed by atoms with Gasteiger partial charge >= 0.3 is 23.9 Å². The third kappa shape index (κ3) is 29.9. The molecule has 0 aliphatic heterocycles. The van der Waals surface area contributed by atoms with Gasteiger partial charge < -0.3 is 49.6 Å². The summed E-state index contributed by atoms with van der Waals surface area (Å²) in [7, 11) is 0.